The maximum atomic E-state index is 13.5. The third kappa shape index (κ3) is 51.1. The summed E-state index contributed by atoms with van der Waals surface area (Å²) in [7, 11) is 0. The lowest BCUT2D eigenvalue weighted by molar-refractivity contribution is -0.305. The summed E-state index contributed by atoms with van der Waals surface area (Å²) in [5.74, 6) is -1.22. The zero-order chi connectivity index (χ0) is 64.6. The standard InChI is InChI=1S/C78H131NO10/c1-4-7-10-13-16-19-22-24-26-28-30-32-34-36-38-40-42-44-46-48-51-54-57-60-63-66-73(83)89-76-75(85)74(84)72(67-80)88-78(76)87-68-69(70(81)64-61-58-55-52-49-21-18-15-12-9-6-3)79-77(86)71(82)65-62-59-56-53-50-47-45-43-41-39-37-35-33-31-29-27-25-23-20-17-14-11-8-5-2/h8,11,16-17,19-20,24-27,30-33,36-39,43,45,61,64,69-72,74-76,78,80-82,84-85H,4-7,9-10,12-15,18,21-23,28-29,34-35,40-42,44,46-60,62-63,65-68H2,1-3H3,(H,79,86)/b11-8-,19-16-,20-17-,26-24-,27-25-,32-30-,33-31-,38-36-,39-37-,45-43-,64-61+. The third-order valence-corrected chi connectivity index (χ3v) is 16.0. The van der Waals surface area contributed by atoms with Crippen molar-refractivity contribution in [2.24, 2.45) is 0 Å². The van der Waals surface area contributed by atoms with Crippen LogP contribution >= 0.6 is 0 Å². The fourth-order valence-corrected chi connectivity index (χ4v) is 10.4. The lowest BCUT2D eigenvalue weighted by Crippen LogP contribution is -2.61. The second-order valence-corrected chi connectivity index (χ2v) is 24.2. The van der Waals surface area contributed by atoms with Crippen LogP contribution in [0.5, 0.6) is 0 Å². The zero-order valence-electron chi connectivity index (χ0n) is 56.5. The predicted molar refractivity (Wildman–Crippen MR) is 374 cm³/mol. The van der Waals surface area contributed by atoms with Gasteiger partial charge < -0.3 is 45.1 Å². The lowest BCUT2D eigenvalue weighted by Gasteiger charge is -2.41. The number of amides is 1. The Morgan fingerprint density at radius 3 is 1.24 bits per heavy atom. The Morgan fingerprint density at radius 2 is 0.809 bits per heavy atom. The van der Waals surface area contributed by atoms with Gasteiger partial charge in [0.05, 0.1) is 25.4 Å². The Labute approximate surface area is 543 Å². The molecule has 1 aliphatic heterocycles. The number of rotatable bonds is 60. The summed E-state index contributed by atoms with van der Waals surface area (Å²) in [4.78, 5) is 26.7. The van der Waals surface area contributed by atoms with E-state index in [1.54, 1.807) is 6.08 Å². The van der Waals surface area contributed by atoms with Gasteiger partial charge in [0.1, 0.15) is 24.4 Å². The van der Waals surface area contributed by atoms with E-state index in [1.807, 2.05) is 6.08 Å². The highest BCUT2D eigenvalue weighted by Crippen LogP contribution is 2.26. The largest absolute Gasteiger partial charge is 0.454 e. The molecule has 0 aromatic heterocycles. The first-order valence-electron chi connectivity index (χ1n) is 36.0. The molecule has 1 amide bonds. The second kappa shape index (κ2) is 63.9. The van der Waals surface area contributed by atoms with E-state index in [2.05, 4.69) is 148 Å². The van der Waals surface area contributed by atoms with Crippen molar-refractivity contribution in [2.75, 3.05) is 13.2 Å². The molecular weight excluding hydrogens is 1110 g/mol. The molecule has 0 aromatic rings. The fourth-order valence-electron chi connectivity index (χ4n) is 10.4. The monoisotopic (exact) mass is 1240 g/mol. The predicted octanol–water partition coefficient (Wildman–Crippen LogP) is 18.7. The summed E-state index contributed by atoms with van der Waals surface area (Å²) in [5, 5.41) is 57.2. The minimum Gasteiger partial charge on any atom is -0.454 e. The number of hydrogen-bond donors (Lipinski definition) is 6. The summed E-state index contributed by atoms with van der Waals surface area (Å²) in [6, 6.07) is -1.04. The molecule has 11 nitrogen and oxygen atoms in total. The minimum atomic E-state index is -1.63. The maximum Gasteiger partial charge on any atom is 0.306 e. The van der Waals surface area contributed by atoms with Crippen LogP contribution in [0, 0.1) is 0 Å². The molecule has 0 bridgehead atoms. The van der Waals surface area contributed by atoms with Crippen LogP contribution in [0.2, 0.25) is 0 Å². The van der Waals surface area contributed by atoms with Crippen LogP contribution in [-0.4, -0.2) is 99.6 Å². The average Bonchev–Trinajstić information content (AvgIpc) is 3.72. The average molecular weight is 1240 g/mol. The molecule has 0 saturated carbocycles. The van der Waals surface area contributed by atoms with Gasteiger partial charge in [-0.1, -0.05) is 289 Å². The van der Waals surface area contributed by atoms with Gasteiger partial charge in [0.2, 0.25) is 5.91 Å². The Morgan fingerprint density at radius 1 is 0.449 bits per heavy atom. The molecule has 1 aliphatic rings. The first-order chi connectivity index (χ1) is 43.7. The van der Waals surface area contributed by atoms with Gasteiger partial charge in [0.25, 0.3) is 0 Å². The number of unbranched alkanes of at least 4 members (excludes halogenated alkanes) is 26. The molecule has 1 rings (SSSR count). The molecule has 8 atom stereocenters. The van der Waals surface area contributed by atoms with Crippen LogP contribution in [0.15, 0.2) is 134 Å². The van der Waals surface area contributed by atoms with E-state index in [-0.39, 0.29) is 19.4 Å². The molecular formula is C78H131NO10. The van der Waals surface area contributed by atoms with E-state index >= 15 is 0 Å². The molecule has 1 heterocycles. The van der Waals surface area contributed by atoms with Crippen LogP contribution in [-0.2, 0) is 23.8 Å². The summed E-state index contributed by atoms with van der Waals surface area (Å²) in [5.41, 5.74) is 0. The summed E-state index contributed by atoms with van der Waals surface area (Å²) in [6.45, 7) is 5.64. The molecule has 0 radical (unpaired) electrons. The Hall–Kier alpha value is -4.20. The zero-order valence-corrected chi connectivity index (χ0v) is 56.5. The molecule has 1 fully saturated rings. The highest BCUT2D eigenvalue weighted by molar-refractivity contribution is 5.80. The third-order valence-electron chi connectivity index (χ3n) is 16.0. The molecule has 89 heavy (non-hydrogen) atoms. The van der Waals surface area contributed by atoms with E-state index in [4.69, 9.17) is 14.2 Å². The smallest absolute Gasteiger partial charge is 0.306 e. The van der Waals surface area contributed by atoms with E-state index < -0.39 is 67.4 Å². The van der Waals surface area contributed by atoms with Gasteiger partial charge in [0.15, 0.2) is 12.4 Å². The summed E-state index contributed by atoms with van der Waals surface area (Å²) < 4.78 is 17.7. The number of carbonyl (C=O) groups is 2. The van der Waals surface area contributed by atoms with Crippen molar-refractivity contribution in [3.63, 3.8) is 0 Å². The maximum absolute atomic E-state index is 13.5. The number of nitrogens with one attached hydrogen (secondary N) is 1. The van der Waals surface area contributed by atoms with E-state index in [9.17, 15) is 35.1 Å². The van der Waals surface area contributed by atoms with Crippen LogP contribution in [0.4, 0.5) is 0 Å². The summed E-state index contributed by atoms with van der Waals surface area (Å²) in [6.07, 6.45) is 80.5. The van der Waals surface area contributed by atoms with Gasteiger partial charge >= 0.3 is 5.97 Å². The second-order valence-electron chi connectivity index (χ2n) is 24.2. The summed E-state index contributed by atoms with van der Waals surface area (Å²) >= 11 is 0. The van der Waals surface area contributed by atoms with Gasteiger partial charge in [-0.05, 0) is 122 Å². The topological polar surface area (TPSA) is 175 Å². The first kappa shape index (κ1) is 82.8. The van der Waals surface area contributed by atoms with E-state index in [1.165, 1.54) is 89.9 Å². The molecule has 0 aromatic carbocycles. The number of hydrogen-bond acceptors (Lipinski definition) is 10. The molecule has 1 saturated heterocycles. The Balaban J connectivity index is 2.58. The van der Waals surface area contributed by atoms with Crippen molar-refractivity contribution in [2.45, 2.75) is 333 Å². The van der Waals surface area contributed by atoms with Crippen molar-refractivity contribution in [1.29, 1.82) is 0 Å². The number of carbonyl (C=O) groups excluding carboxylic acids is 2. The van der Waals surface area contributed by atoms with Crippen molar-refractivity contribution in [3.05, 3.63) is 134 Å². The van der Waals surface area contributed by atoms with Crippen LogP contribution in [0.3, 0.4) is 0 Å². The first-order valence-corrected chi connectivity index (χ1v) is 36.0. The highest BCUT2D eigenvalue weighted by atomic mass is 16.7. The van der Waals surface area contributed by atoms with E-state index in [0.29, 0.717) is 12.8 Å². The number of esters is 1. The van der Waals surface area contributed by atoms with Crippen molar-refractivity contribution in [3.8, 4) is 0 Å². The number of aliphatic hydroxyl groups excluding tert-OH is 5. The van der Waals surface area contributed by atoms with E-state index in [0.717, 1.165) is 148 Å². The molecule has 0 spiro atoms. The number of allylic oxidation sites excluding steroid dienone is 21. The molecule has 508 valence electrons. The normalized spacial score (nSPS) is 18.9. The molecule has 11 heteroatoms. The van der Waals surface area contributed by atoms with Gasteiger partial charge in [-0.3, -0.25) is 9.59 Å². The van der Waals surface area contributed by atoms with Gasteiger partial charge in [-0.15, -0.1) is 0 Å². The van der Waals surface area contributed by atoms with Gasteiger partial charge in [-0.25, -0.2) is 0 Å². The van der Waals surface area contributed by atoms with Crippen LogP contribution < -0.4 is 5.32 Å². The van der Waals surface area contributed by atoms with Gasteiger partial charge in [0, 0.05) is 6.42 Å². The number of ether oxygens (including phenoxy) is 3. The quantitative estimate of drug-likeness (QED) is 0.0195. The minimum absolute atomic E-state index is 0.107. The Kier molecular flexibility index (Phi) is 59.5. The molecule has 8 unspecified atom stereocenters. The molecule has 6 N–H and O–H groups in total. The highest BCUT2D eigenvalue weighted by Gasteiger charge is 2.47. The van der Waals surface area contributed by atoms with Gasteiger partial charge in [-0.2, -0.15) is 0 Å². The fraction of sp³-hybridized carbons (Fsp3) is 0.692. The Bertz CT molecular complexity index is 1960. The SMILES string of the molecule is CC/C=C\C/C=C\C/C=C\C/C=C\C/C=C\C/C=C\CCCCCCCC(O)C(=O)NC(COC1OC(CO)C(O)C(O)C1OC(=O)CCCCCCCCCCC/C=C\C/C=C\C/C=C\C/C=C\CCCCC)C(O)/C=C/CCCCCCCCCCC. The molecule has 0 aliphatic carbocycles. The lowest BCUT2D eigenvalue weighted by atomic mass is 9.99. The number of aliphatic hydroxyl groups is 5. The van der Waals surface area contributed by atoms with Crippen molar-refractivity contribution >= 4 is 11.9 Å². The van der Waals surface area contributed by atoms with Crippen LogP contribution in [0.25, 0.3) is 0 Å². The van der Waals surface area contributed by atoms with Crippen molar-refractivity contribution in [1.82, 2.24) is 5.32 Å². The van der Waals surface area contributed by atoms with Crippen LogP contribution in [0.1, 0.15) is 284 Å². The van der Waals surface area contributed by atoms with Crippen molar-refractivity contribution < 1.29 is 49.3 Å².